The number of hydrogen-bond acceptors (Lipinski definition) is 4. The molecular weight excluding hydrogens is 424 g/mol. The molecule has 2 rings (SSSR count). The largest absolute Gasteiger partial charge is 0.507 e. The SMILES string of the molecule is CCCCCCCCCCCCCCCCCCCc1cc(=O)c2c(O)c(C)c(O)c(C)c2o1. The Morgan fingerprint density at radius 3 is 1.56 bits per heavy atom. The minimum Gasteiger partial charge on any atom is -0.507 e. The second kappa shape index (κ2) is 15.8. The van der Waals surface area contributed by atoms with E-state index < -0.39 is 0 Å². The van der Waals surface area contributed by atoms with Crippen LogP contribution in [0.4, 0.5) is 0 Å². The van der Waals surface area contributed by atoms with Crippen molar-refractivity contribution >= 4 is 11.0 Å². The third-order valence-electron chi connectivity index (χ3n) is 7.17. The molecule has 0 unspecified atom stereocenters. The van der Waals surface area contributed by atoms with Gasteiger partial charge in [-0.3, -0.25) is 4.79 Å². The van der Waals surface area contributed by atoms with Gasteiger partial charge in [0.25, 0.3) is 0 Å². The molecule has 0 bridgehead atoms. The predicted molar refractivity (Wildman–Crippen MR) is 143 cm³/mol. The Hall–Kier alpha value is -1.97. The van der Waals surface area contributed by atoms with Crippen LogP contribution in [-0.4, -0.2) is 10.2 Å². The standard InChI is InChI=1S/C30H48O4/c1-4-5-6-7-8-9-10-11-12-13-14-15-16-17-18-19-20-21-25-22-26(31)27-29(33)23(2)28(32)24(3)30(27)34-25/h22,32-33H,4-21H2,1-3H3. The average Bonchev–Trinajstić information content (AvgIpc) is 2.83. The molecule has 1 heterocycles. The summed E-state index contributed by atoms with van der Waals surface area (Å²) >= 11 is 0. The summed E-state index contributed by atoms with van der Waals surface area (Å²) in [6, 6.07) is 1.49. The fraction of sp³-hybridized carbons (Fsp3) is 0.700. The summed E-state index contributed by atoms with van der Waals surface area (Å²) in [7, 11) is 0. The number of phenolic OH excluding ortho intramolecular Hbond substituents is 2. The topological polar surface area (TPSA) is 70.7 Å². The predicted octanol–water partition coefficient (Wildman–Crippen LogP) is 9.02. The zero-order valence-corrected chi connectivity index (χ0v) is 22.0. The van der Waals surface area contributed by atoms with Gasteiger partial charge in [-0.2, -0.15) is 0 Å². The van der Waals surface area contributed by atoms with Gasteiger partial charge in [-0.25, -0.2) is 0 Å². The smallest absolute Gasteiger partial charge is 0.196 e. The summed E-state index contributed by atoms with van der Waals surface area (Å²) in [5, 5.41) is 20.6. The summed E-state index contributed by atoms with van der Waals surface area (Å²) in [5.41, 5.74) is 0.881. The van der Waals surface area contributed by atoms with Crippen LogP contribution >= 0.6 is 0 Å². The lowest BCUT2D eigenvalue weighted by Gasteiger charge is -2.11. The van der Waals surface area contributed by atoms with Gasteiger partial charge in [0.2, 0.25) is 0 Å². The zero-order valence-electron chi connectivity index (χ0n) is 22.0. The van der Waals surface area contributed by atoms with E-state index in [0.717, 1.165) is 12.8 Å². The highest BCUT2D eigenvalue weighted by Crippen LogP contribution is 2.37. The first-order valence-corrected chi connectivity index (χ1v) is 13.9. The van der Waals surface area contributed by atoms with Crippen LogP contribution in [0.15, 0.2) is 15.3 Å². The lowest BCUT2D eigenvalue weighted by atomic mass is 10.0. The molecule has 0 saturated carbocycles. The molecule has 0 atom stereocenters. The van der Waals surface area contributed by atoms with Crippen LogP contribution in [0.25, 0.3) is 11.0 Å². The van der Waals surface area contributed by atoms with Crippen LogP contribution < -0.4 is 5.43 Å². The normalized spacial score (nSPS) is 11.5. The minimum absolute atomic E-state index is 0.0110. The molecule has 192 valence electrons. The van der Waals surface area contributed by atoms with E-state index in [1.165, 1.54) is 102 Å². The maximum Gasteiger partial charge on any atom is 0.196 e. The quantitative estimate of drug-likeness (QED) is 0.212. The number of aryl methyl sites for hydroxylation is 2. The average molecular weight is 473 g/mol. The van der Waals surface area contributed by atoms with E-state index in [0.29, 0.717) is 28.9 Å². The summed E-state index contributed by atoms with van der Waals surface area (Å²) in [6.07, 6.45) is 23.4. The number of fused-ring (bicyclic) bond motifs is 1. The van der Waals surface area contributed by atoms with Gasteiger partial charge in [0, 0.05) is 23.6 Å². The van der Waals surface area contributed by atoms with Gasteiger partial charge in [-0.05, 0) is 20.3 Å². The van der Waals surface area contributed by atoms with Gasteiger partial charge >= 0.3 is 0 Å². The van der Waals surface area contributed by atoms with Gasteiger partial charge < -0.3 is 14.6 Å². The molecule has 2 aromatic rings. The molecule has 0 spiro atoms. The number of unbranched alkanes of at least 4 members (excludes halogenated alkanes) is 16. The highest BCUT2D eigenvalue weighted by molar-refractivity contribution is 5.89. The van der Waals surface area contributed by atoms with E-state index >= 15 is 0 Å². The van der Waals surface area contributed by atoms with E-state index in [4.69, 9.17) is 4.42 Å². The van der Waals surface area contributed by atoms with Gasteiger partial charge in [-0.1, -0.05) is 110 Å². The molecule has 1 aromatic carbocycles. The van der Waals surface area contributed by atoms with Gasteiger partial charge in [-0.15, -0.1) is 0 Å². The number of benzene rings is 1. The first-order valence-electron chi connectivity index (χ1n) is 13.9. The molecule has 0 aliphatic rings. The summed E-state index contributed by atoms with van der Waals surface area (Å²) in [5.74, 6) is 0.434. The van der Waals surface area contributed by atoms with Crippen LogP contribution in [0.3, 0.4) is 0 Å². The third kappa shape index (κ3) is 9.00. The molecule has 1 aromatic heterocycles. The van der Waals surface area contributed by atoms with Crippen molar-refractivity contribution in [3.8, 4) is 11.5 Å². The number of hydrogen-bond donors (Lipinski definition) is 2. The summed E-state index contributed by atoms with van der Waals surface area (Å²) in [4.78, 5) is 12.5. The Kier molecular flexibility index (Phi) is 13.2. The number of aromatic hydroxyl groups is 2. The van der Waals surface area contributed by atoms with Crippen LogP contribution in [0.1, 0.15) is 133 Å². The van der Waals surface area contributed by atoms with Crippen molar-refractivity contribution in [2.45, 2.75) is 136 Å². The molecule has 34 heavy (non-hydrogen) atoms. The molecule has 4 heteroatoms. The van der Waals surface area contributed by atoms with E-state index in [2.05, 4.69) is 6.92 Å². The van der Waals surface area contributed by atoms with Crippen LogP contribution in [0.5, 0.6) is 11.5 Å². The van der Waals surface area contributed by atoms with E-state index in [9.17, 15) is 15.0 Å². The molecule has 0 radical (unpaired) electrons. The Morgan fingerprint density at radius 1 is 0.647 bits per heavy atom. The van der Waals surface area contributed by atoms with Crippen molar-refractivity contribution in [3.05, 3.63) is 33.2 Å². The summed E-state index contributed by atoms with van der Waals surface area (Å²) in [6.45, 7) is 5.59. The van der Waals surface area contributed by atoms with Gasteiger partial charge in [0.1, 0.15) is 28.2 Å². The lowest BCUT2D eigenvalue weighted by molar-refractivity contribution is 0.439. The van der Waals surface area contributed by atoms with Crippen LogP contribution in [-0.2, 0) is 6.42 Å². The van der Waals surface area contributed by atoms with Crippen LogP contribution in [0, 0.1) is 13.8 Å². The first kappa shape index (κ1) is 28.3. The van der Waals surface area contributed by atoms with Crippen molar-refractivity contribution < 1.29 is 14.6 Å². The van der Waals surface area contributed by atoms with Gasteiger partial charge in [0.15, 0.2) is 5.43 Å². The fourth-order valence-electron chi connectivity index (χ4n) is 4.87. The lowest BCUT2D eigenvalue weighted by Crippen LogP contribution is -2.04. The van der Waals surface area contributed by atoms with Crippen LogP contribution in [0.2, 0.25) is 0 Å². The van der Waals surface area contributed by atoms with E-state index in [1.807, 2.05) is 0 Å². The maximum absolute atomic E-state index is 12.5. The highest BCUT2D eigenvalue weighted by atomic mass is 16.3. The Balaban J connectivity index is 1.53. The maximum atomic E-state index is 12.5. The van der Waals surface area contributed by atoms with Gasteiger partial charge in [0.05, 0.1) is 0 Å². The van der Waals surface area contributed by atoms with E-state index in [1.54, 1.807) is 13.8 Å². The first-order chi connectivity index (χ1) is 16.5. The molecule has 0 aliphatic heterocycles. The number of rotatable bonds is 18. The molecular formula is C30H48O4. The van der Waals surface area contributed by atoms with Crippen molar-refractivity contribution in [1.29, 1.82) is 0 Å². The number of phenols is 2. The molecule has 0 saturated heterocycles. The second-order valence-electron chi connectivity index (χ2n) is 10.1. The Bertz CT molecular complexity index is 912. The Labute approximate surface area is 206 Å². The molecule has 0 fully saturated rings. The zero-order chi connectivity index (χ0) is 24.8. The van der Waals surface area contributed by atoms with Crippen molar-refractivity contribution in [2.75, 3.05) is 0 Å². The van der Waals surface area contributed by atoms with Crippen molar-refractivity contribution in [2.24, 2.45) is 0 Å². The third-order valence-corrected chi connectivity index (χ3v) is 7.17. The summed E-state index contributed by atoms with van der Waals surface area (Å²) < 4.78 is 5.90. The molecule has 2 N–H and O–H groups in total. The molecule has 4 nitrogen and oxygen atoms in total. The van der Waals surface area contributed by atoms with Crippen molar-refractivity contribution in [1.82, 2.24) is 0 Å². The molecule has 0 aliphatic carbocycles. The van der Waals surface area contributed by atoms with E-state index in [-0.39, 0.29) is 22.3 Å². The minimum atomic E-state index is -0.244. The Morgan fingerprint density at radius 2 is 1.09 bits per heavy atom. The fourth-order valence-corrected chi connectivity index (χ4v) is 4.87. The highest BCUT2D eigenvalue weighted by Gasteiger charge is 2.18. The van der Waals surface area contributed by atoms with Crippen molar-refractivity contribution in [3.63, 3.8) is 0 Å². The monoisotopic (exact) mass is 472 g/mol. The second-order valence-corrected chi connectivity index (χ2v) is 10.1. The molecule has 0 amide bonds.